The highest BCUT2D eigenvalue weighted by atomic mass is 16.5. The molecule has 0 bridgehead atoms. The van der Waals surface area contributed by atoms with Gasteiger partial charge in [0, 0.05) is 24.8 Å². The summed E-state index contributed by atoms with van der Waals surface area (Å²) < 4.78 is 11.6. The Balaban J connectivity index is 1.40. The van der Waals surface area contributed by atoms with Gasteiger partial charge in [-0.3, -0.25) is 4.90 Å². The molecule has 4 heteroatoms. The summed E-state index contributed by atoms with van der Waals surface area (Å²) in [5.74, 6) is 0.903. The molecule has 0 aromatic heterocycles. The van der Waals surface area contributed by atoms with Crippen molar-refractivity contribution in [1.82, 2.24) is 4.90 Å². The second-order valence-electron chi connectivity index (χ2n) is 5.71. The van der Waals surface area contributed by atoms with Gasteiger partial charge in [-0.15, -0.1) is 0 Å². The topological polar surface area (TPSA) is 47.7 Å². The number of hydrogen-bond acceptors (Lipinski definition) is 4. The van der Waals surface area contributed by atoms with Gasteiger partial charge in [0.25, 0.3) is 0 Å². The molecule has 2 fully saturated rings. The number of benzene rings is 1. The van der Waals surface area contributed by atoms with Crippen LogP contribution in [0, 0.1) is 0 Å². The molecule has 1 heterocycles. The molecule has 3 rings (SSSR count). The van der Waals surface area contributed by atoms with Crippen LogP contribution in [-0.2, 0) is 4.74 Å². The monoisotopic (exact) mass is 276 g/mol. The number of morpholine rings is 1. The minimum Gasteiger partial charge on any atom is -0.494 e. The molecule has 1 aromatic rings. The Morgan fingerprint density at radius 2 is 2.10 bits per heavy atom. The first-order valence-corrected chi connectivity index (χ1v) is 7.67. The van der Waals surface area contributed by atoms with Crippen LogP contribution in [0.1, 0.15) is 25.7 Å². The van der Waals surface area contributed by atoms with Gasteiger partial charge < -0.3 is 15.2 Å². The summed E-state index contributed by atoms with van der Waals surface area (Å²) in [5.41, 5.74) is 6.43. The molecular weight excluding hydrogens is 252 g/mol. The van der Waals surface area contributed by atoms with Crippen molar-refractivity contribution in [3.05, 3.63) is 24.3 Å². The molecule has 2 aliphatic rings. The summed E-state index contributed by atoms with van der Waals surface area (Å²) in [7, 11) is 0. The van der Waals surface area contributed by atoms with Crippen molar-refractivity contribution >= 4 is 5.69 Å². The molecule has 1 saturated heterocycles. The summed E-state index contributed by atoms with van der Waals surface area (Å²) in [6, 6.07) is 8.26. The maximum Gasteiger partial charge on any atom is 0.119 e. The van der Waals surface area contributed by atoms with Crippen molar-refractivity contribution in [2.24, 2.45) is 0 Å². The van der Waals surface area contributed by atoms with Crippen molar-refractivity contribution in [2.75, 3.05) is 32.0 Å². The summed E-state index contributed by atoms with van der Waals surface area (Å²) >= 11 is 0. The summed E-state index contributed by atoms with van der Waals surface area (Å²) in [6.45, 7) is 3.83. The minimum absolute atomic E-state index is 0.488. The molecular formula is C16H24N2O2. The Morgan fingerprint density at radius 1 is 1.25 bits per heavy atom. The summed E-state index contributed by atoms with van der Waals surface area (Å²) in [4.78, 5) is 2.59. The van der Waals surface area contributed by atoms with E-state index in [0.29, 0.717) is 12.1 Å². The quantitative estimate of drug-likeness (QED) is 0.662. The number of ether oxygens (including phenoxy) is 2. The Hall–Kier alpha value is -1.26. The van der Waals surface area contributed by atoms with Gasteiger partial charge in [0.05, 0.1) is 19.3 Å². The second kappa shape index (κ2) is 6.46. The van der Waals surface area contributed by atoms with E-state index in [-0.39, 0.29) is 0 Å². The van der Waals surface area contributed by atoms with Crippen LogP contribution in [0.5, 0.6) is 5.75 Å². The van der Waals surface area contributed by atoms with E-state index in [4.69, 9.17) is 15.2 Å². The van der Waals surface area contributed by atoms with Crippen LogP contribution in [0.25, 0.3) is 0 Å². The lowest BCUT2D eigenvalue weighted by Crippen LogP contribution is -2.48. The highest BCUT2D eigenvalue weighted by molar-refractivity contribution is 5.41. The van der Waals surface area contributed by atoms with E-state index in [9.17, 15) is 0 Å². The lowest BCUT2D eigenvalue weighted by Gasteiger charge is -2.37. The Morgan fingerprint density at radius 3 is 2.95 bits per heavy atom. The van der Waals surface area contributed by atoms with E-state index in [0.717, 1.165) is 44.2 Å². The molecule has 2 N–H and O–H groups in total. The predicted octanol–water partition coefficient (Wildman–Crippen LogP) is 2.29. The maximum absolute atomic E-state index is 5.83. The fourth-order valence-corrected chi connectivity index (χ4v) is 3.31. The molecule has 1 aliphatic heterocycles. The van der Waals surface area contributed by atoms with Gasteiger partial charge in [-0.2, -0.15) is 0 Å². The highest BCUT2D eigenvalue weighted by Gasteiger charge is 2.35. The van der Waals surface area contributed by atoms with Gasteiger partial charge in [-0.25, -0.2) is 0 Å². The van der Waals surface area contributed by atoms with Crippen LogP contribution in [0.3, 0.4) is 0 Å². The van der Waals surface area contributed by atoms with Gasteiger partial charge in [0.15, 0.2) is 0 Å². The molecule has 1 saturated carbocycles. The molecule has 2 atom stereocenters. The van der Waals surface area contributed by atoms with E-state index in [1.54, 1.807) is 0 Å². The number of nitrogens with zero attached hydrogens (tertiary/aromatic N) is 1. The zero-order valence-electron chi connectivity index (χ0n) is 12.0. The van der Waals surface area contributed by atoms with Crippen LogP contribution in [0.2, 0.25) is 0 Å². The molecule has 1 aliphatic carbocycles. The molecule has 4 nitrogen and oxygen atoms in total. The largest absolute Gasteiger partial charge is 0.494 e. The average molecular weight is 276 g/mol. The number of nitrogens with two attached hydrogens (primary N) is 1. The van der Waals surface area contributed by atoms with E-state index < -0.39 is 0 Å². The number of nitrogen functional groups attached to an aromatic ring is 1. The summed E-state index contributed by atoms with van der Waals surface area (Å²) in [6.07, 6.45) is 5.40. The third-order valence-corrected chi connectivity index (χ3v) is 4.34. The summed E-state index contributed by atoms with van der Waals surface area (Å²) in [5, 5.41) is 0. The molecule has 2 unspecified atom stereocenters. The van der Waals surface area contributed by atoms with Crippen molar-refractivity contribution in [3.63, 3.8) is 0 Å². The van der Waals surface area contributed by atoms with Crippen molar-refractivity contribution < 1.29 is 9.47 Å². The minimum atomic E-state index is 0.488. The van der Waals surface area contributed by atoms with Crippen LogP contribution >= 0.6 is 0 Å². The number of fused-ring (bicyclic) bond motifs is 1. The Bertz CT molecular complexity index is 421. The fraction of sp³-hybridized carbons (Fsp3) is 0.625. The van der Waals surface area contributed by atoms with Gasteiger partial charge in [-0.05, 0) is 49.9 Å². The van der Waals surface area contributed by atoms with E-state index in [1.807, 2.05) is 24.3 Å². The Kier molecular flexibility index (Phi) is 4.43. The van der Waals surface area contributed by atoms with Gasteiger partial charge in [0.1, 0.15) is 5.75 Å². The van der Waals surface area contributed by atoms with Crippen molar-refractivity contribution in [3.8, 4) is 5.75 Å². The standard InChI is InChI=1S/C16H24N2O2/c17-13-5-7-14(8-6-13)19-11-2-9-18-10-12-20-16-4-1-3-15(16)18/h5-8,15-16H,1-4,9-12,17H2. The third kappa shape index (κ3) is 3.25. The highest BCUT2D eigenvalue weighted by Crippen LogP contribution is 2.29. The van der Waals surface area contributed by atoms with E-state index in [2.05, 4.69) is 4.90 Å². The van der Waals surface area contributed by atoms with E-state index in [1.165, 1.54) is 19.3 Å². The van der Waals surface area contributed by atoms with E-state index >= 15 is 0 Å². The zero-order valence-corrected chi connectivity index (χ0v) is 12.0. The zero-order chi connectivity index (χ0) is 13.8. The molecule has 110 valence electrons. The maximum atomic E-state index is 5.83. The molecule has 1 aromatic carbocycles. The third-order valence-electron chi connectivity index (χ3n) is 4.34. The number of anilines is 1. The number of hydrogen-bond donors (Lipinski definition) is 1. The number of rotatable bonds is 5. The van der Waals surface area contributed by atoms with Crippen LogP contribution in [0.15, 0.2) is 24.3 Å². The fourth-order valence-electron chi connectivity index (χ4n) is 3.31. The first kappa shape index (κ1) is 13.7. The SMILES string of the molecule is Nc1ccc(OCCCN2CCOC3CCCC32)cc1. The molecule has 20 heavy (non-hydrogen) atoms. The van der Waals surface area contributed by atoms with Crippen LogP contribution in [-0.4, -0.2) is 43.3 Å². The van der Waals surface area contributed by atoms with Gasteiger partial charge in [-0.1, -0.05) is 0 Å². The first-order valence-electron chi connectivity index (χ1n) is 7.67. The lowest BCUT2D eigenvalue weighted by atomic mass is 10.1. The normalized spacial score (nSPS) is 26.4. The first-order chi connectivity index (χ1) is 9.83. The molecule has 0 amide bonds. The predicted molar refractivity (Wildman–Crippen MR) is 79.9 cm³/mol. The van der Waals surface area contributed by atoms with Crippen LogP contribution in [0.4, 0.5) is 5.69 Å². The van der Waals surface area contributed by atoms with Crippen molar-refractivity contribution in [1.29, 1.82) is 0 Å². The van der Waals surface area contributed by atoms with Gasteiger partial charge >= 0.3 is 0 Å². The second-order valence-corrected chi connectivity index (χ2v) is 5.71. The molecule has 0 spiro atoms. The molecule has 0 radical (unpaired) electrons. The lowest BCUT2D eigenvalue weighted by molar-refractivity contribution is -0.0564. The Labute approximate surface area is 120 Å². The smallest absolute Gasteiger partial charge is 0.119 e. The average Bonchev–Trinajstić information content (AvgIpc) is 2.94. The van der Waals surface area contributed by atoms with Crippen LogP contribution < -0.4 is 10.5 Å². The van der Waals surface area contributed by atoms with Gasteiger partial charge in [0.2, 0.25) is 0 Å². The van der Waals surface area contributed by atoms with Crippen molar-refractivity contribution in [2.45, 2.75) is 37.8 Å².